The lowest BCUT2D eigenvalue weighted by atomic mass is 9.92. The normalized spacial score (nSPS) is 13.4. The molecule has 1 rings (SSSR count). The van der Waals surface area contributed by atoms with Crippen molar-refractivity contribution in [2.24, 2.45) is 0 Å². The fourth-order valence-electron chi connectivity index (χ4n) is 1.41. The highest BCUT2D eigenvalue weighted by Crippen LogP contribution is 2.24. The third-order valence-corrected chi connectivity index (χ3v) is 4.20. The Hall–Kier alpha value is -0.770. The summed E-state index contributed by atoms with van der Waals surface area (Å²) in [6, 6.07) is 2.04. The van der Waals surface area contributed by atoms with Crippen molar-refractivity contribution in [3.8, 4) is 0 Å². The molecule has 1 aromatic heterocycles. The molecule has 1 aromatic rings. The summed E-state index contributed by atoms with van der Waals surface area (Å²) in [4.78, 5) is 9.22. The van der Waals surface area contributed by atoms with Gasteiger partial charge in [-0.1, -0.05) is 34.6 Å². The number of aromatic nitrogens is 2. The predicted octanol–water partition coefficient (Wildman–Crippen LogP) is 3.85. The van der Waals surface area contributed by atoms with Crippen LogP contribution >= 0.6 is 11.8 Å². The van der Waals surface area contributed by atoms with Crippen LogP contribution in [0.2, 0.25) is 0 Å². The zero-order chi connectivity index (χ0) is 13.8. The Morgan fingerprint density at radius 3 is 2.50 bits per heavy atom. The average molecular weight is 267 g/mol. The highest BCUT2D eigenvalue weighted by atomic mass is 32.2. The fourth-order valence-corrected chi connectivity index (χ4v) is 2.21. The Kier molecular flexibility index (Phi) is 5.45. The Labute approximate surface area is 115 Å². The lowest BCUT2D eigenvalue weighted by Gasteiger charge is -2.19. The highest BCUT2D eigenvalue weighted by Gasteiger charge is 2.18. The molecule has 18 heavy (non-hydrogen) atoms. The lowest BCUT2D eigenvalue weighted by Crippen LogP contribution is -2.16. The predicted molar refractivity (Wildman–Crippen MR) is 81.3 cm³/mol. The van der Waals surface area contributed by atoms with Gasteiger partial charge in [-0.25, -0.2) is 9.97 Å². The van der Waals surface area contributed by atoms with E-state index in [1.165, 1.54) is 6.42 Å². The van der Waals surface area contributed by atoms with Crippen LogP contribution in [0.5, 0.6) is 0 Å². The number of rotatable bonds is 5. The first-order chi connectivity index (χ1) is 8.36. The van der Waals surface area contributed by atoms with Crippen molar-refractivity contribution in [3.05, 3.63) is 17.6 Å². The Morgan fingerprint density at radius 2 is 2.00 bits per heavy atom. The van der Waals surface area contributed by atoms with Gasteiger partial charge in [-0.3, -0.25) is 0 Å². The molecule has 0 amide bonds. The maximum atomic E-state index is 4.69. The van der Waals surface area contributed by atoms with Crippen LogP contribution in [0.3, 0.4) is 0 Å². The van der Waals surface area contributed by atoms with E-state index < -0.39 is 0 Å². The zero-order valence-corrected chi connectivity index (χ0v) is 13.2. The summed E-state index contributed by atoms with van der Waals surface area (Å²) in [5.41, 5.74) is 1.16. The summed E-state index contributed by atoms with van der Waals surface area (Å²) in [6.45, 7) is 11.0. The maximum absolute atomic E-state index is 4.69. The Morgan fingerprint density at radius 1 is 1.33 bits per heavy atom. The van der Waals surface area contributed by atoms with E-state index >= 15 is 0 Å². The summed E-state index contributed by atoms with van der Waals surface area (Å²) in [5.74, 6) is 2.72. The Balaban J connectivity index is 2.91. The van der Waals surface area contributed by atoms with Crippen molar-refractivity contribution >= 4 is 17.6 Å². The molecule has 3 nitrogen and oxygen atoms in total. The van der Waals surface area contributed by atoms with Crippen LogP contribution in [0.1, 0.15) is 52.6 Å². The summed E-state index contributed by atoms with van der Waals surface area (Å²) in [7, 11) is 1.90. The monoisotopic (exact) mass is 267 g/mol. The van der Waals surface area contributed by atoms with Crippen molar-refractivity contribution < 1.29 is 0 Å². The molecule has 1 heterocycles. The van der Waals surface area contributed by atoms with E-state index in [-0.39, 0.29) is 5.41 Å². The van der Waals surface area contributed by atoms with Crippen molar-refractivity contribution in [1.82, 2.24) is 9.97 Å². The molecule has 0 aliphatic carbocycles. The van der Waals surface area contributed by atoms with Gasteiger partial charge in [0.25, 0.3) is 0 Å². The molecule has 1 atom stereocenters. The summed E-state index contributed by atoms with van der Waals surface area (Å²) < 4.78 is 0. The number of nitrogens with zero attached hydrogens (tertiary/aromatic N) is 2. The molecule has 0 spiro atoms. The third kappa shape index (κ3) is 4.48. The standard InChI is InChI=1S/C14H25N3S/c1-7-10(2)18-9-13-16-11(14(3,4)5)8-12(15-6)17-13/h8,10H,7,9H2,1-6H3,(H,15,16,17). The molecular weight excluding hydrogens is 242 g/mol. The van der Waals surface area contributed by atoms with E-state index in [2.05, 4.69) is 49.9 Å². The van der Waals surface area contributed by atoms with Gasteiger partial charge in [-0.05, 0) is 6.42 Å². The van der Waals surface area contributed by atoms with Crippen molar-refractivity contribution in [2.75, 3.05) is 12.4 Å². The fraction of sp³-hybridized carbons (Fsp3) is 0.714. The van der Waals surface area contributed by atoms with Crippen LogP contribution in [-0.4, -0.2) is 22.3 Å². The molecule has 0 aliphatic heterocycles. The molecule has 0 saturated carbocycles. The molecule has 0 radical (unpaired) electrons. The van der Waals surface area contributed by atoms with E-state index in [0.717, 1.165) is 23.1 Å². The van der Waals surface area contributed by atoms with E-state index in [4.69, 9.17) is 0 Å². The van der Waals surface area contributed by atoms with Gasteiger partial charge in [0, 0.05) is 23.8 Å². The van der Waals surface area contributed by atoms with Crippen LogP contribution in [0.4, 0.5) is 5.82 Å². The zero-order valence-electron chi connectivity index (χ0n) is 12.4. The van der Waals surface area contributed by atoms with Gasteiger partial charge in [-0.15, -0.1) is 0 Å². The molecule has 0 aromatic carbocycles. The first kappa shape index (κ1) is 15.3. The summed E-state index contributed by atoms with van der Waals surface area (Å²) >= 11 is 1.92. The van der Waals surface area contributed by atoms with Crippen LogP contribution < -0.4 is 5.32 Å². The first-order valence-corrected chi connectivity index (χ1v) is 7.59. The number of hydrogen-bond donors (Lipinski definition) is 1. The van der Waals surface area contributed by atoms with Crippen molar-refractivity contribution in [1.29, 1.82) is 0 Å². The van der Waals surface area contributed by atoms with E-state index in [9.17, 15) is 0 Å². The second kappa shape index (κ2) is 6.41. The maximum Gasteiger partial charge on any atom is 0.140 e. The SMILES string of the molecule is CCC(C)SCc1nc(NC)cc(C(C)(C)C)n1. The molecular formula is C14H25N3S. The molecule has 1 N–H and O–H groups in total. The second-order valence-electron chi connectivity index (χ2n) is 5.58. The number of hydrogen-bond acceptors (Lipinski definition) is 4. The van der Waals surface area contributed by atoms with Crippen molar-refractivity contribution in [3.63, 3.8) is 0 Å². The van der Waals surface area contributed by atoms with Crippen molar-refractivity contribution in [2.45, 2.75) is 57.5 Å². The lowest BCUT2D eigenvalue weighted by molar-refractivity contribution is 0.564. The molecule has 0 fully saturated rings. The minimum Gasteiger partial charge on any atom is -0.373 e. The van der Waals surface area contributed by atoms with Gasteiger partial charge in [0.05, 0.1) is 11.4 Å². The third-order valence-electron chi connectivity index (χ3n) is 2.87. The van der Waals surface area contributed by atoms with Gasteiger partial charge in [-0.2, -0.15) is 11.8 Å². The topological polar surface area (TPSA) is 37.8 Å². The minimum atomic E-state index is 0.0599. The minimum absolute atomic E-state index is 0.0599. The molecule has 0 saturated heterocycles. The molecule has 4 heteroatoms. The summed E-state index contributed by atoms with van der Waals surface area (Å²) in [5, 5.41) is 3.78. The van der Waals surface area contributed by atoms with Gasteiger partial charge < -0.3 is 5.32 Å². The molecule has 0 bridgehead atoms. The van der Waals surface area contributed by atoms with Crippen LogP contribution in [0.25, 0.3) is 0 Å². The highest BCUT2D eigenvalue weighted by molar-refractivity contribution is 7.99. The smallest absolute Gasteiger partial charge is 0.140 e. The molecule has 1 unspecified atom stereocenters. The van der Waals surface area contributed by atoms with Crippen LogP contribution in [0.15, 0.2) is 6.07 Å². The largest absolute Gasteiger partial charge is 0.373 e. The van der Waals surface area contributed by atoms with Gasteiger partial charge >= 0.3 is 0 Å². The molecule has 0 aliphatic rings. The van der Waals surface area contributed by atoms with Crippen LogP contribution in [0, 0.1) is 0 Å². The van der Waals surface area contributed by atoms with Gasteiger partial charge in [0.1, 0.15) is 11.6 Å². The van der Waals surface area contributed by atoms with E-state index in [1.54, 1.807) is 0 Å². The molecule has 102 valence electrons. The van der Waals surface area contributed by atoms with E-state index in [1.807, 2.05) is 24.9 Å². The quantitative estimate of drug-likeness (QED) is 0.879. The average Bonchev–Trinajstić information content (AvgIpc) is 2.34. The Bertz CT molecular complexity index is 385. The number of anilines is 1. The summed E-state index contributed by atoms with van der Waals surface area (Å²) in [6.07, 6.45) is 1.18. The van der Waals surface area contributed by atoms with Crippen LogP contribution in [-0.2, 0) is 11.2 Å². The second-order valence-corrected chi connectivity index (χ2v) is 7.01. The number of nitrogens with one attached hydrogen (secondary N) is 1. The first-order valence-electron chi connectivity index (χ1n) is 6.54. The van der Waals surface area contributed by atoms with Gasteiger partial charge in [0.2, 0.25) is 0 Å². The van der Waals surface area contributed by atoms with Gasteiger partial charge in [0.15, 0.2) is 0 Å². The van der Waals surface area contributed by atoms with E-state index in [0.29, 0.717) is 5.25 Å². The number of thioether (sulfide) groups is 1.